The molecule has 0 fully saturated rings. The van der Waals surface area contributed by atoms with E-state index in [2.05, 4.69) is 239 Å². The van der Waals surface area contributed by atoms with E-state index in [-0.39, 0.29) is 21.7 Å². The lowest BCUT2D eigenvalue weighted by atomic mass is 9.78. The van der Waals surface area contributed by atoms with Gasteiger partial charge in [0.2, 0.25) is 0 Å². The van der Waals surface area contributed by atoms with Crippen LogP contribution in [0.4, 0.5) is 0 Å². The topological polar surface area (TPSA) is 0 Å². The molecule has 0 bridgehead atoms. The van der Waals surface area contributed by atoms with Crippen molar-refractivity contribution in [2.45, 2.75) is 90.9 Å². The fraction of sp³-hybridized carbons (Fsp3) is 0.212. The minimum Gasteiger partial charge on any atom is -0.0616 e. The summed E-state index contributed by atoms with van der Waals surface area (Å²) in [5.41, 5.74) is 23.9. The molecule has 0 heterocycles. The molecule has 2 aliphatic rings. The summed E-state index contributed by atoms with van der Waals surface area (Å²) in [5.74, 6) is 0. The van der Waals surface area contributed by atoms with Gasteiger partial charge >= 0.3 is 0 Å². The fourth-order valence-electron chi connectivity index (χ4n) is 11.8. The van der Waals surface area contributed by atoms with Gasteiger partial charge in [0.05, 0.1) is 0 Å². The van der Waals surface area contributed by atoms with Crippen molar-refractivity contribution < 1.29 is 0 Å². The highest BCUT2D eigenvalue weighted by Crippen LogP contribution is 2.54. The molecule has 0 atom stereocenters. The maximum atomic E-state index is 2.48. The van der Waals surface area contributed by atoms with Crippen LogP contribution >= 0.6 is 0 Å². The van der Waals surface area contributed by atoms with Crippen molar-refractivity contribution in [2.75, 3.05) is 0 Å². The Morgan fingerprint density at radius 1 is 0.288 bits per heavy atom. The highest BCUT2D eigenvalue weighted by atomic mass is 14.4. The quantitative estimate of drug-likeness (QED) is 0.155. The third-order valence-corrected chi connectivity index (χ3v) is 15.7. The Labute approximate surface area is 391 Å². The molecule has 0 N–H and O–H groups in total. The molecule has 0 saturated carbocycles. The van der Waals surface area contributed by atoms with Gasteiger partial charge in [0, 0.05) is 10.8 Å². The van der Waals surface area contributed by atoms with Crippen LogP contribution in [0.5, 0.6) is 0 Å². The first-order valence-electron chi connectivity index (χ1n) is 24.0. The molecule has 0 heteroatoms. The summed E-state index contributed by atoms with van der Waals surface area (Å²) in [6, 6.07) is 65.7. The van der Waals surface area contributed by atoms with E-state index in [0.717, 1.165) is 0 Å². The first-order chi connectivity index (χ1) is 31.5. The van der Waals surface area contributed by atoms with Gasteiger partial charge in [-0.05, 0) is 168 Å². The Balaban J connectivity index is 0.889. The van der Waals surface area contributed by atoms with Crippen molar-refractivity contribution in [1.29, 1.82) is 0 Å². The summed E-state index contributed by atoms with van der Waals surface area (Å²) in [7, 11) is 0. The van der Waals surface area contributed by atoms with Crippen LogP contribution in [0.25, 0.3) is 99.1 Å². The van der Waals surface area contributed by atoms with Crippen LogP contribution in [0.1, 0.15) is 103 Å². The smallest absolute Gasteiger partial charge is 0.0159 e. The summed E-state index contributed by atoms with van der Waals surface area (Å²) in [4.78, 5) is 0. The molecule has 2 aliphatic carbocycles. The van der Waals surface area contributed by atoms with Gasteiger partial charge < -0.3 is 0 Å². The predicted octanol–water partition coefficient (Wildman–Crippen LogP) is 18.5. The minimum absolute atomic E-state index is 0.0667. The van der Waals surface area contributed by atoms with Crippen molar-refractivity contribution in [3.05, 3.63) is 203 Å². The summed E-state index contributed by atoms with van der Waals surface area (Å²) in [6.07, 6.45) is 0. The van der Waals surface area contributed by atoms with Crippen LogP contribution in [0.2, 0.25) is 0 Å². The van der Waals surface area contributed by atoms with Crippen molar-refractivity contribution in [3.63, 3.8) is 0 Å². The maximum absolute atomic E-state index is 2.48. The van der Waals surface area contributed by atoms with E-state index in [1.54, 1.807) is 0 Å². The van der Waals surface area contributed by atoms with E-state index >= 15 is 0 Å². The first-order valence-corrected chi connectivity index (χ1v) is 24.0. The summed E-state index contributed by atoms with van der Waals surface area (Å²) < 4.78 is 0. The van der Waals surface area contributed by atoms with E-state index in [1.807, 2.05) is 0 Å². The Hall–Kier alpha value is -6.76. The van der Waals surface area contributed by atoms with Gasteiger partial charge in [-0.15, -0.1) is 0 Å². The van der Waals surface area contributed by atoms with Crippen molar-refractivity contribution >= 4 is 32.3 Å². The normalized spacial score (nSPS) is 14.8. The molecular formula is C66H58. The van der Waals surface area contributed by atoms with Crippen LogP contribution in [0, 0.1) is 0 Å². The zero-order chi connectivity index (χ0) is 45.7. The number of fused-ring (bicyclic) bond motifs is 6. The van der Waals surface area contributed by atoms with E-state index in [9.17, 15) is 0 Å². The summed E-state index contributed by atoms with van der Waals surface area (Å²) in [5, 5.41) is 7.97. The largest absolute Gasteiger partial charge is 0.0616 e. The number of hydrogen-bond donors (Lipinski definition) is 0. The lowest BCUT2D eigenvalue weighted by Crippen LogP contribution is -2.17. The van der Waals surface area contributed by atoms with Crippen LogP contribution in [0.3, 0.4) is 0 Å². The molecule has 0 aliphatic heterocycles. The number of benzene rings is 10. The molecule has 0 spiro atoms. The van der Waals surface area contributed by atoms with Gasteiger partial charge in [-0.2, -0.15) is 0 Å². The monoisotopic (exact) mass is 850 g/mol. The number of rotatable bonds is 4. The molecule has 12 rings (SSSR count). The first kappa shape index (κ1) is 40.7. The second-order valence-corrected chi connectivity index (χ2v) is 22.6. The Kier molecular flexibility index (Phi) is 8.57. The highest BCUT2D eigenvalue weighted by Gasteiger charge is 2.38. The molecule has 0 radical (unpaired) electrons. The Bertz CT molecular complexity index is 3630. The zero-order valence-electron chi connectivity index (χ0n) is 40.2. The molecular weight excluding hydrogens is 793 g/mol. The Morgan fingerprint density at radius 3 is 1.27 bits per heavy atom. The SMILES string of the molecule is CC(C)(C)c1ccc2c(c1)C(C)(C)c1cc(-c3ccc4c(c3)C(C)(C)c3cc(-c5ccccc5-c5cccc(-c6ccc7ccc8cc(C(C)(C)C)cc9ccc6c7c89)c5)ccc3-4)ccc1-2. The van der Waals surface area contributed by atoms with Gasteiger partial charge in [0.1, 0.15) is 0 Å². The van der Waals surface area contributed by atoms with Crippen molar-refractivity contribution in [3.8, 4) is 66.8 Å². The van der Waals surface area contributed by atoms with E-state index in [0.29, 0.717) is 0 Å². The highest BCUT2D eigenvalue weighted by molar-refractivity contribution is 6.25. The van der Waals surface area contributed by atoms with E-state index < -0.39 is 0 Å². The molecule has 0 aromatic heterocycles. The van der Waals surface area contributed by atoms with Gasteiger partial charge in [-0.1, -0.05) is 215 Å². The third kappa shape index (κ3) is 6.03. The molecule has 66 heavy (non-hydrogen) atoms. The van der Waals surface area contributed by atoms with Crippen LogP contribution in [-0.2, 0) is 21.7 Å². The van der Waals surface area contributed by atoms with E-state index in [1.165, 1.54) is 132 Å². The van der Waals surface area contributed by atoms with E-state index in [4.69, 9.17) is 0 Å². The van der Waals surface area contributed by atoms with Crippen LogP contribution < -0.4 is 0 Å². The summed E-state index contributed by atoms with van der Waals surface area (Å²) >= 11 is 0. The van der Waals surface area contributed by atoms with Crippen molar-refractivity contribution in [1.82, 2.24) is 0 Å². The molecule has 322 valence electrons. The lowest BCUT2D eigenvalue weighted by Gasteiger charge is -2.25. The molecule has 0 amide bonds. The standard InChI is InChI=1S/C66H58/c1-63(2,3)47-25-31-55-53-28-22-41(36-58(53)66(9,10)60(55)38-47)40-21-27-52-54-29-23-44(37-59(54)65(7,8)57(52)35-40)50-17-12-11-16-49(50)42-14-13-15-43(32-42)51-26-20-39-18-19-45-33-48(64(4,5)6)34-46-24-30-56(51)62(39)61(45)46/h11-38H,1-10H3. The minimum atomic E-state index is -0.162. The predicted molar refractivity (Wildman–Crippen MR) is 284 cm³/mol. The molecule has 0 nitrogen and oxygen atoms in total. The molecule has 0 saturated heterocycles. The number of hydrogen-bond acceptors (Lipinski definition) is 0. The van der Waals surface area contributed by atoms with Crippen LogP contribution in [-0.4, -0.2) is 0 Å². The molecule has 0 unspecified atom stereocenters. The second-order valence-electron chi connectivity index (χ2n) is 22.6. The average molecular weight is 851 g/mol. The Morgan fingerprint density at radius 2 is 0.712 bits per heavy atom. The molecule has 10 aromatic rings. The van der Waals surface area contributed by atoms with Crippen LogP contribution in [0.15, 0.2) is 170 Å². The second kappa shape index (κ2) is 13.9. The fourth-order valence-corrected chi connectivity index (χ4v) is 11.8. The van der Waals surface area contributed by atoms with Gasteiger partial charge in [-0.3, -0.25) is 0 Å². The van der Waals surface area contributed by atoms with Gasteiger partial charge in [-0.25, -0.2) is 0 Å². The third-order valence-electron chi connectivity index (χ3n) is 15.7. The van der Waals surface area contributed by atoms with Gasteiger partial charge in [0.15, 0.2) is 0 Å². The summed E-state index contributed by atoms with van der Waals surface area (Å²) in [6.45, 7) is 23.5. The zero-order valence-corrected chi connectivity index (χ0v) is 40.2. The average Bonchev–Trinajstić information content (AvgIpc) is 3.68. The van der Waals surface area contributed by atoms with Crippen molar-refractivity contribution in [2.24, 2.45) is 0 Å². The molecule has 10 aromatic carbocycles. The lowest BCUT2D eigenvalue weighted by molar-refractivity contribution is 0.584. The van der Waals surface area contributed by atoms with Gasteiger partial charge in [0.25, 0.3) is 0 Å². The maximum Gasteiger partial charge on any atom is 0.0159 e.